The standard InChI is InChI=1S/C18H26N2O2/c21-17(20-9-2-1-3-10-20)14-5-4-8-18(12-14)15-7-6-13(11-15)16(18)19-22/h5,13,15,22H,1-4,6-12H2/b19-16-/t13-,15+,18?/m1/s1. The number of hydrogen-bond acceptors (Lipinski definition) is 3. The highest BCUT2D eigenvalue weighted by molar-refractivity contribution is 5.99. The van der Waals surface area contributed by atoms with Crippen LogP contribution in [0.4, 0.5) is 0 Å². The van der Waals surface area contributed by atoms with E-state index >= 15 is 0 Å². The summed E-state index contributed by atoms with van der Waals surface area (Å²) in [6, 6.07) is 0. The van der Waals surface area contributed by atoms with Crippen molar-refractivity contribution >= 4 is 11.6 Å². The Hall–Kier alpha value is -1.32. The van der Waals surface area contributed by atoms with E-state index in [0.29, 0.717) is 11.8 Å². The number of oxime groups is 1. The van der Waals surface area contributed by atoms with E-state index in [9.17, 15) is 10.0 Å². The number of rotatable bonds is 1. The Kier molecular flexibility index (Phi) is 3.50. The highest BCUT2D eigenvalue weighted by atomic mass is 16.4. The SMILES string of the molecule is O=C(C1=CCCC2(C1)/C(=N\O)[C@@H]1CC[C@H]2C1)N1CCCCC1. The minimum absolute atomic E-state index is 0.00675. The summed E-state index contributed by atoms with van der Waals surface area (Å²) in [7, 11) is 0. The summed E-state index contributed by atoms with van der Waals surface area (Å²) < 4.78 is 0. The molecular weight excluding hydrogens is 276 g/mol. The van der Waals surface area contributed by atoms with Crippen molar-refractivity contribution in [3.63, 3.8) is 0 Å². The van der Waals surface area contributed by atoms with Crippen LogP contribution in [0.3, 0.4) is 0 Å². The van der Waals surface area contributed by atoms with Crippen LogP contribution in [-0.4, -0.2) is 34.8 Å². The van der Waals surface area contributed by atoms with E-state index in [4.69, 9.17) is 0 Å². The minimum Gasteiger partial charge on any atom is -0.411 e. The van der Waals surface area contributed by atoms with Gasteiger partial charge < -0.3 is 10.1 Å². The van der Waals surface area contributed by atoms with Crippen LogP contribution in [-0.2, 0) is 4.79 Å². The molecule has 1 amide bonds. The Morgan fingerprint density at radius 1 is 1.27 bits per heavy atom. The third kappa shape index (κ3) is 2.03. The van der Waals surface area contributed by atoms with E-state index in [1.807, 2.05) is 4.90 Å². The average Bonchev–Trinajstić information content (AvgIpc) is 3.15. The van der Waals surface area contributed by atoms with Crippen molar-refractivity contribution in [2.45, 2.75) is 57.8 Å². The number of carbonyl (C=O) groups excluding carboxylic acids is 1. The predicted molar refractivity (Wildman–Crippen MR) is 84.9 cm³/mol. The molecule has 22 heavy (non-hydrogen) atoms. The lowest BCUT2D eigenvalue weighted by molar-refractivity contribution is -0.128. The minimum atomic E-state index is -0.00675. The highest BCUT2D eigenvalue weighted by Crippen LogP contribution is 2.60. The van der Waals surface area contributed by atoms with Crippen molar-refractivity contribution < 1.29 is 10.0 Å². The lowest BCUT2D eigenvalue weighted by Crippen LogP contribution is -2.43. The molecule has 2 saturated carbocycles. The second-order valence-corrected chi connectivity index (χ2v) is 7.65. The zero-order valence-electron chi connectivity index (χ0n) is 13.3. The van der Waals surface area contributed by atoms with Crippen molar-refractivity contribution in [2.24, 2.45) is 22.4 Å². The van der Waals surface area contributed by atoms with Crippen molar-refractivity contribution in [2.75, 3.05) is 13.1 Å². The molecule has 0 aromatic carbocycles. The second-order valence-electron chi connectivity index (χ2n) is 7.65. The Morgan fingerprint density at radius 2 is 2.09 bits per heavy atom. The smallest absolute Gasteiger partial charge is 0.249 e. The number of amides is 1. The summed E-state index contributed by atoms with van der Waals surface area (Å²) in [5.41, 5.74) is 2.00. The fourth-order valence-electron chi connectivity index (χ4n) is 5.56. The van der Waals surface area contributed by atoms with Gasteiger partial charge in [-0.3, -0.25) is 4.79 Å². The molecule has 4 rings (SSSR count). The maximum Gasteiger partial charge on any atom is 0.249 e. The zero-order valence-corrected chi connectivity index (χ0v) is 13.3. The maximum absolute atomic E-state index is 12.8. The Morgan fingerprint density at radius 3 is 2.86 bits per heavy atom. The molecule has 1 N–H and O–H groups in total. The van der Waals surface area contributed by atoms with Gasteiger partial charge in [-0.15, -0.1) is 0 Å². The zero-order chi connectivity index (χ0) is 15.2. The van der Waals surface area contributed by atoms with Gasteiger partial charge in [-0.05, 0) is 63.7 Å². The molecule has 4 aliphatic rings. The van der Waals surface area contributed by atoms with Gasteiger partial charge in [0.1, 0.15) is 0 Å². The molecular formula is C18H26N2O2. The Bertz CT molecular complexity index is 533. The number of piperidine rings is 1. The highest BCUT2D eigenvalue weighted by Gasteiger charge is 2.57. The van der Waals surface area contributed by atoms with Crippen LogP contribution in [0.5, 0.6) is 0 Å². The molecule has 0 radical (unpaired) electrons. The molecule has 4 heteroatoms. The number of likely N-dealkylation sites (tertiary alicyclic amines) is 1. The molecule has 1 spiro atoms. The van der Waals surface area contributed by atoms with E-state index in [1.165, 1.54) is 25.7 Å². The van der Waals surface area contributed by atoms with Gasteiger partial charge >= 0.3 is 0 Å². The first kappa shape index (κ1) is 14.3. The first-order valence-corrected chi connectivity index (χ1v) is 8.95. The van der Waals surface area contributed by atoms with Crippen molar-refractivity contribution in [3.8, 4) is 0 Å². The van der Waals surface area contributed by atoms with Gasteiger partial charge in [-0.1, -0.05) is 11.2 Å². The summed E-state index contributed by atoms with van der Waals surface area (Å²) in [6.45, 7) is 1.83. The fraction of sp³-hybridized carbons (Fsp3) is 0.778. The first-order chi connectivity index (χ1) is 10.7. The fourth-order valence-corrected chi connectivity index (χ4v) is 5.56. The quantitative estimate of drug-likeness (QED) is 0.596. The third-order valence-corrected chi connectivity index (χ3v) is 6.62. The topological polar surface area (TPSA) is 52.9 Å². The molecule has 2 bridgehead atoms. The second kappa shape index (κ2) is 5.39. The van der Waals surface area contributed by atoms with E-state index in [0.717, 1.165) is 56.5 Å². The van der Waals surface area contributed by atoms with Gasteiger partial charge in [0.25, 0.3) is 0 Å². The van der Waals surface area contributed by atoms with Crippen LogP contribution in [0, 0.1) is 17.3 Å². The summed E-state index contributed by atoms with van der Waals surface area (Å²) >= 11 is 0. The van der Waals surface area contributed by atoms with Crippen LogP contribution >= 0.6 is 0 Å². The van der Waals surface area contributed by atoms with Crippen LogP contribution in [0.25, 0.3) is 0 Å². The molecule has 1 unspecified atom stereocenters. The van der Waals surface area contributed by atoms with Crippen LogP contribution in [0.15, 0.2) is 16.8 Å². The van der Waals surface area contributed by atoms with Crippen molar-refractivity contribution in [3.05, 3.63) is 11.6 Å². The number of allylic oxidation sites excluding steroid dienone is 1. The van der Waals surface area contributed by atoms with Gasteiger partial charge in [0.05, 0.1) is 5.71 Å². The molecule has 1 saturated heterocycles. The van der Waals surface area contributed by atoms with E-state index < -0.39 is 0 Å². The Balaban J connectivity index is 1.56. The van der Waals surface area contributed by atoms with Crippen LogP contribution < -0.4 is 0 Å². The van der Waals surface area contributed by atoms with Gasteiger partial charge in [-0.25, -0.2) is 0 Å². The Labute approximate surface area is 132 Å². The van der Waals surface area contributed by atoms with Gasteiger partial charge in [0, 0.05) is 30.0 Å². The van der Waals surface area contributed by atoms with E-state index in [2.05, 4.69) is 11.2 Å². The van der Waals surface area contributed by atoms with Crippen molar-refractivity contribution in [1.29, 1.82) is 0 Å². The van der Waals surface area contributed by atoms with Gasteiger partial charge in [-0.2, -0.15) is 0 Å². The van der Waals surface area contributed by atoms with Gasteiger partial charge in [0.2, 0.25) is 5.91 Å². The molecule has 0 aromatic rings. The summed E-state index contributed by atoms with van der Waals surface area (Å²) in [6.07, 6.45) is 12.1. The normalized spacial score (nSPS) is 39.5. The van der Waals surface area contributed by atoms with Crippen molar-refractivity contribution in [1.82, 2.24) is 4.90 Å². The summed E-state index contributed by atoms with van der Waals surface area (Å²) in [4.78, 5) is 14.9. The molecule has 3 aliphatic carbocycles. The summed E-state index contributed by atoms with van der Waals surface area (Å²) in [5.74, 6) is 1.35. The molecule has 120 valence electrons. The lowest BCUT2D eigenvalue weighted by atomic mass is 9.63. The molecule has 0 aromatic heterocycles. The monoisotopic (exact) mass is 302 g/mol. The van der Waals surface area contributed by atoms with E-state index in [1.54, 1.807) is 0 Å². The number of fused-ring (bicyclic) bond motifs is 3. The predicted octanol–water partition coefficient (Wildman–Crippen LogP) is 3.36. The third-order valence-electron chi connectivity index (χ3n) is 6.62. The molecule has 3 fully saturated rings. The van der Waals surface area contributed by atoms with Crippen LogP contribution in [0.2, 0.25) is 0 Å². The summed E-state index contributed by atoms with van der Waals surface area (Å²) in [5, 5.41) is 13.3. The maximum atomic E-state index is 12.8. The van der Waals surface area contributed by atoms with E-state index in [-0.39, 0.29) is 11.3 Å². The number of nitrogens with zero attached hydrogens (tertiary/aromatic N) is 2. The molecule has 4 nitrogen and oxygen atoms in total. The van der Waals surface area contributed by atoms with Gasteiger partial charge in [0.15, 0.2) is 0 Å². The number of hydrogen-bond donors (Lipinski definition) is 1. The molecule has 3 atom stereocenters. The molecule has 1 aliphatic heterocycles. The lowest BCUT2D eigenvalue weighted by Gasteiger charge is -2.41. The largest absolute Gasteiger partial charge is 0.411 e. The molecule has 1 heterocycles. The average molecular weight is 302 g/mol. The first-order valence-electron chi connectivity index (χ1n) is 8.95. The number of carbonyl (C=O) groups is 1. The van der Waals surface area contributed by atoms with Crippen LogP contribution in [0.1, 0.15) is 57.8 Å².